The molecule has 1 unspecified atom stereocenters. The van der Waals surface area contributed by atoms with Crippen LogP contribution in [0.1, 0.15) is 19.3 Å². The van der Waals surface area contributed by atoms with Crippen molar-refractivity contribution in [3.05, 3.63) is 21.8 Å². The van der Waals surface area contributed by atoms with E-state index in [9.17, 15) is 0 Å². The second-order valence-corrected chi connectivity index (χ2v) is 5.92. The molecule has 1 aromatic carbocycles. The molecule has 4 heteroatoms. The SMILES string of the molecule is Nc1cc(I)ccc1N1CCCC(CCO)C1. The van der Waals surface area contributed by atoms with Gasteiger partial charge in [0.15, 0.2) is 0 Å². The fraction of sp³-hybridized carbons (Fsp3) is 0.538. The van der Waals surface area contributed by atoms with Crippen molar-refractivity contribution in [3.63, 3.8) is 0 Å². The highest BCUT2D eigenvalue weighted by Gasteiger charge is 2.20. The number of piperidine rings is 1. The Balaban J connectivity index is 2.10. The topological polar surface area (TPSA) is 49.5 Å². The molecule has 1 heterocycles. The summed E-state index contributed by atoms with van der Waals surface area (Å²) < 4.78 is 1.17. The van der Waals surface area contributed by atoms with E-state index in [1.807, 2.05) is 6.07 Å². The van der Waals surface area contributed by atoms with Gasteiger partial charge in [-0.3, -0.25) is 0 Å². The van der Waals surface area contributed by atoms with Crippen LogP contribution in [-0.2, 0) is 0 Å². The maximum absolute atomic E-state index is 9.02. The number of halogens is 1. The molecule has 1 atom stereocenters. The number of benzene rings is 1. The Bertz CT molecular complexity index is 382. The van der Waals surface area contributed by atoms with Crippen molar-refractivity contribution in [2.24, 2.45) is 5.92 Å². The quantitative estimate of drug-likeness (QED) is 0.653. The molecule has 1 aromatic rings. The van der Waals surface area contributed by atoms with Crippen LogP contribution in [-0.4, -0.2) is 24.8 Å². The number of anilines is 2. The molecule has 0 bridgehead atoms. The van der Waals surface area contributed by atoms with Crippen LogP contribution < -0.4 is 10.6 Å². The molecule has 1 aliphatic heterocycles. The number of aliphatic hydroxyl groups excluding tert-OH is 1. The predicted octanol–water partition coefficient (Wildman–Crippen LogP) is 2.47. The summed E-state index contributed by atoms with van der Waals surface area (Å²) in [6.45, 7) is 2.39. The van der Waals surface area contributed by atoms with Gasteiger partial charge in [-0.05, 0) is 66.0 Å². The van der Waals surface area contributed by atoms with Gasteiger partial charge < -0.3 is 15.7 Å². The molecular formula is C13H19IN2O. The number of nitrogens with zero attached hydrogens (tertiary/aromatic N) is 1. The fourth-order valence-corrected chi connectivity index (χ4v) is 3.03. The van der Waals surface area contributed by atoms with E-state index in [1.54, 1.807) is 0 Å². The Morgan fingerprint density at radius 1 is 1.47 bits per heavy atom. The first kappa shape index (κ1) is 13.0. The van der Waals surface area contributed by atoms with Gasteiger partial charge in [0.05, 0.1) is 11.4 Å². The molecule has 0 radical (unpaired) electrons. The molecule has 0 spiro atoms. The third-order valence-electron chi connectivity index (χ3n) is 3.39. The van der Waals surface area contributed by atoms with Gasteiger partial charge in [-0.1, -0.05) is 0 Å². The summed E-state index contributed by atoms with van der Waals surface area (Å²) >= 11 is 2.28. The number of rotatable bonds is 3. The first-order valence-electron chi connectivity index (χ1n) is 6.11. The second-order valence-electron chi connectivity index (χ2n) is 4.67. The standard InChI is InChI=1S/C13H19IN2O/c14-11-3-4-13(12(15)8-11)16-6-1-2-10(9-16)5-7-17/h3-4,8,10,17H,1-2,5-7,9,15H2. The maximum atomic E-state index is 9.02. The molecule has 3 N–H and O–H groups in total. The van der Waals surface area contributed by atoms with E-state index < -0.39 is 0 Å². The van der Waals surface area contributed by atoms with Crippen molar-refractivity contribution in [3.8, 4) is 0 Å². The highest BCUT2D eigenvalue weighted by Crippen LogP contribution is 2.30. The van der Waals surface area contributed by atoms with Crippen molar-refractivity contribution in [2.45, 2.75) is 19.3 Å². The fourth-order valence-electron chi connectivity index (χ4n) is 2.52. The van der Waals surface area contributed by atoms with Crippen molar-refractivity contribution in [1.82, 2.24) is 0 Å². The number of nitrogens with two attached hydrogens (primary N) is 1. The molecule has 0 saturated carbocycles. The van der Waals surface area contributed by atoms with Gasteiger partial charge >= 0.3 is 0 Å². The lowest BCUT2D eigenvalue weighted by molar-refractivity contribution is 0.244. The second kappa shape index (κ2) is 5.91. The largest absolute Gasteiger partial charge is 0.397 e. The molecule has 1 fully saturated rings. The molecular weight excluding hydrogens is 327 g/mol. The third kappa shape index (κ3) is 3.25. The first-order valence-corrected chi connectivity index (χ1v) is 7.19. The zero-order valence-corrected chi connectivity index (χ0v) is 12.1. The monoisotopic (exact) mass is 346 g/mol. The Morgan fingerprint density at radius 2 is 2.29 bits per heavy atom. The van der Waals surface area contributed by atoms with Crippen LogP contribution in [0.25, 0.3) is 0 Å². The molecule has 0 aromatic heterocycles. The Hall–Kier alpha value is -0.490. The Kier molecular flexibility index (Phi) is 4.50. The normalized spacial score (nSPS) is 20.6. The molecule has 0 aliphatic carbocycles. The van der Waals surface area contributed by atoms with Crippen LogP contribution in [0.15, 0.2) is 18.2 Å². The van der Waals surface area contributed by atoms with Gasteiger partial charge in [0.2, 0.25) is 0 Å². The van der Waals surface area contributed by atoms with E-state index in [-0.39, 0.29) is 0 Å². The van der Waals surface area contributed by atoms with Crippen LogP contribution >= 0.6 is 22.6 Å². The van der Waals surface area contributed by atoms with E-state index in [0.29, 0.717) is 12.5 Å². The van der Waals surface area contributed by atoms with Crippen molar-refractivity contribution < 1.29 is 5.11 Å². The number of hydrogen-bond acceptors (Lipinski definition) is 3. The van der Waals surface area contributed by atoms with Gasteiger partial charge in [-0.25, -0.2) is 0 Å². The zero-order chi connectivity index (χ0) is 12.3. The molecule has 2 rings (SSSR count). The Morgan fingerprint density at radius 3 is 3.00 bits per heavy atom. The van der Waals surface area contributed by atoms with Gasteiger partial charge in [-0.15, -0.1) is 0 Å². The van der Waals surface area contributed by atoms with Crippen molar-refractivity contribution in [1.29, 1.82) is 0 Å². The number of hydrogen-bond donors (Lipinski definition) is 2. The summed E-state index contributed by atoms with van der Waals surface area (Å²) in [4.78, 5) is 2.36. The van der Waals surface area contributed by atoms with Crippen LogP contribution in [0.3, 0.4) is 0 Å². The minimum Gasteiger partial charge on any atom is -0.397 e. The summed E-state index contributed by atoms with van der Waals surface area (Å²) in [5.74, 6) is 0.604. The summed E-state index contributed by atoms with van der Waals surface area (Å²) in [7, 11) is 0. The van der Waals surface area contributed by atoms with E-state index in [1.165, 1.54) is 16.4 Å². The maximum Gasteiger partial charge on any atom is 0.0600 e. The lowest BCUT2D eigenvalue weighted by Crippen LogP contribution is -2.36. The van der Waals surface area contributed by atoms with Crippen LogP contribution in [0.2, 0.25) is 0 Å². The third-order valence-corrected chi connectivity index (χ3v) is 4.06. The summed E-state index contributed by atoms with van der Waals surface area (Å²) in [5, 5.41) is 9.02. The summed E-state index contributed by atoms with van der Waals surface area (Å²) in [5.41, 5.74) is 8.08. The van der Waals surface area contributed by atoms with E-state index in [0.717, 1.165) is 30.9 Å². The minimum absolute atomic E-state index is 0.292. The number of nitrogen functional groups attached to an aromatic ring is 1. The molecule has 3 nitrogen and oxygen atoms in total. The van der Waals surface area contributed by atoms with E-state index in [4.69, 9.17) is 10.8 Å². The van der Waals surface area contributed by atoms with Crippen molar-refractivity contribution in [2.75, 3.05) is 30.3 Å². The first-order chi connectivity index (χ1) is 8.20. The van der Waals surface area contributed by atoms with Gasteiger partial charge in [-0.2, -0.15) is 0 Å². The number of aliphatic hydroxyl groups is 1. The van der Waals surface area contributed by atoms with Gasteiger partial charge in [0, 0.05) is 23.3 Å². The average molecular weight is 346 g/mol. The molecule has 0 amide bonds. The summed E-state index contributed by atoms with van der Waals surface area (Å²) in [6, 6.07) is 6.23. The predicted molar refractivity (Wildman–Crippen MR) is 80.2 cm³/mol. The van der Waals surface area contributed by atoms with E-state index >= 15 is 0 Å². The molecule has 1 aliphatic rings. The average Bonchev–Trinajstić information content (AvgIpc) is 2.29. The van der Waals surface area contributed by atoms with Gasteiger partial charge in [0.25, 0.3) is 0 Å². The highest BCUT2D eigenvalue weighted by atomic mass is 127. The highest BCUT2D eigenvalue weighted by molar-refractivity contribution is 14.1. The Labute approximate surface area is 116 Å². The molecule has 1 saturated heterocycles. The lowest BCUT2D eigenvalue weighted by atomic mass is 9.94. The minimum atomic E-state index is 0.292. The van der Waals surface area contributed by atoms with Crippen LogP contribution in [0, 0.1) is 9.49 Å². The molecule has 17 heavy (non-hydrogen) atoms. The van der Waals surface area contributed by atoms with Gasteiger partial charge in [0.1, 0.15) is 0 Å². The smallest absolute Gasteiger partial charge is 0.0600 e. The summed E-state index contributed by atoms with van der Waals surface area (Å²) in [6.07, 6.45) is 3.32. The lowest BCUT2D eigenvalue weighted by Gasteiger charge is -2.35. The zero-order valence-electron chi connectivity index (χ0n) is 9.90. The van der Waals surface area contributed by atoms with Crippen molar-refractivity contribution >= 4 is 34.0 Å². The van der Waals surface area contributed by atoms with Crippen LogP contribution in [0.4, 0.5) is 11.4 Å². The van der Waals surface area contributed by atoms with Crippen LogP contribution in [0.5, 0.6) is 0 Å². The van der Waals surface area contributed by atoms with E-state index in [2.05, 4.69) is 39.6 Å². The molecule has 94 valence electrons.